The summed E-state index contributed by atoms with van der Waals surface area (Å²) >= 11 is 0. The van der Waals surface area contributed by atoms with Gasteiger partial charge in [0.1, 0.15) is 11.4 Å². The molecule has 0 aliphatic rings. The van der Waals surface area contributed by atoms with Crippen molar-refractivity contribution < 1.29 is 27.5 Å². The zero-order valence-electron chi connectivity index (χ0n) is 14.0. The Kier molecular flexibility index (Phi) is 5.91. The first kappa shape index (κ1) is 19.4. The van der Waals surface area contributed by atoms with Crippen molar-refractivity contribution >= 4 is 22.7 Å². The lowest BCUT2D eigenvalue weighted by Crippen LogP contribution is -2.31. The Labute approximate surface area is 147 Å². The number of H-pyrrole nitrogens is 1. The van der Waals surface area contributed by atoms with Gasteiger partial charge in [-0.3, -0.25) is 9.59 Å². The highest BCUT2D eigenvalue weighted by Gasteiger charge is 2.31. The average Bonchev–Trinajstić information content (AvgIpc) is 2.99. The van der Waals surface area contributed by atoms with Crippen molar-refractivity contribution in [3.63, 3.8) is 0 Å². The molecule has 0 bridgehead atoms. The Morgan fingerprint density at radius 1 is 1.35 bits per heavy atom. The van der Waals surface area contributed by atoms with Crippen LogP contribution in [0, 0.1) is 0 Å². The number of benzene rings is 1. The van der Waals surface area contributed by atoms with Crippen molar-refractivity contribution in [1.82, 2.24) is 15.2 Å². The van der Waals surface area contributed by atoms with E-state index in [-0.39, 0.29) is 23.3 Å². The van der Waals surface area contributed by atoms with Gasteiger partial charge in [0.25, 0.3) is 5.91 Å². The van der Waals surface area contributed by atoms with E-state index >= 15 is 0 Å². The number of hydrogen-bond donors (Lipinski definition) is 2. The van der Waals surface area contributed by atoms with E-state index < -0.39 is 6.36 Å². The number of hydrogen-bond acceptors (Lipinski definition) is 3. The van der Waals surface area contributed by atoms with Crippen LogP contribution in [0.25, 0.3) is 10.9 Å². The maximum Gasteiger partial charge on any atom is 0.573 e. The first-order valence-electron chi connectivity index (χ1n) is 7.74. The predicted octanol–water partition coefficient (Wildman–Crippen LogP) is 2.83. The fourth-order valence-corrected chi connectivity index (χ4v) is 2.33. The standard InChI is InChI=1S/C17H18F3N3O3/c1-3-15(24)21-7-4-8-23(2)16(25)14-9-11-5-6-12(10-13(11)22-14)26-17(18,19)20/h3,5-6,9-10,22H,1,4,7-8H2,2H3,(H,21,24). The molecule has 0 aliphatic heterocycles. The maximum absolute atomic E-state index is 12.4. The van der Waals surface area contributed by atoms with Crippen LogP contribution in [0.4, 0.5) is 13.2 Å². The summed E-state index contributed by atoms with van der Waals surface area (Å²) < 4.78 is 40.7. The largest absolute Gasteiger partial charge is 0.573 e. The van der Waals surface area contributed by atoms with Gasteiger partial charge >= 0.3 is 6.36 Å². The number of nitrogens with zero attached hydrogens (tertiary/aromatic N) is 1. The molecular formula is C17H18F3N3O3. The van der Waals surface area contributed by atoms with Gasteiger partial charge in [-0.15, -0.1) is 13.2 Å². The van der Waals surface area contributed by atoms with E-state index in [1.807, 2.05) is 0 Å². The van der Waals surface area contributed by atoms with Gasteiger partial charge in [0, 0.05) is 37.1 Å². The molecule has 140 valence electrons. The number of amides is 2. The molecule has 26 heavy (non-hydrogen) atoms. The van der Waals surface area contributed by atoms with E-state index in [9.17, 15) is 22.8 Å². The average molecular weight is 369 g/mol. The second-order valence-corrected chi connectivity index (χ2v) is 5.56. The topological polar surface area (TPSA) is 74.4 Å². The van der Waals surface area contributed by atoms with Crippen molar-refractivity contribution in [3.05, 3.63) is 42.6 Å². The zero-order valence-corrected chi connectivity index (χ0v) is 14.0. The third kappa shape index (κ3) is 5.27. The molecule has 2 amide bonds. The number of rotatable bonds is 7. The Bertz CT molecular complexity index is 814. The molecule has 0 aliphatic carbocycles. The van der Waals surface area contributed by atoms with E-state index in [1.54, 1.807) is 13.1 Å². The lowest BCUT2D eigenvalue weighted by Gasteiger charge is -2.16. The summed E-state index contributed by atoms with van der Waals surface area (Å²) in [6.07, 6.45) is -3.07. The molecule has 0 atom stereocenters. The highest BCUT2D eigenvalue weighted by Crippen LogP contribution is 2.26. The molecule has 0 spiro atoms. The van der Waals surface area contributed by atoms with E-state index in [2.05, 4.69) is 21.6 Å². The van der Waals surface area contributed by atoms with Gasteiger partial charge in [0.15, 0.2) is 0 Å². The van der Waals surface area contributed by atoms with Crippen LogP contribution in [-0.2, 0) is 4.79 Å². The van der Waals surface area contributed by atoms with E-state index in [0.29, 0.717) is 30.4 Å². The number of alkyl halides is 3. The molecule has 1 heterocycles. The molecule has 1 aromatic heterocycles. The second-order valence-electron chi connectivity index (χ2n) is 5.56. The highest BCUT2D eigenvalue weighted by atomic mass is 19.4. The third-order valence-corrected chi connectivity index (χ3v) is 3.56. The van der Waals surface area contributed by atoms with Crippen LogP contribution in [0.5, 0.6) is 5.75 Å². The Balaban J connectivity index is 2.00. The van der Waals surface area contributed by atoms with Crippen LogP contribution >= 0.6 is 0 Å². The van der Waals surface area contributed by atoms with Crippen LogP contribution in [0.3, 0.4) is 0 Å². The summed E-state index contributed by atoms with van der Waals surface area (Å²) in [6, 6.07) is 5.37. The van der Waals surface area contributed by atoms with Crippen LogP contribution in [0.15, 0.2) is 36.9 Å². The maximum atomic E-state index is 12.4. The van der Waals surface area contributed by atoms with E-state index in [1.165, 1.54) is 23.1 Å². The predicted molar refractivity (Wildman–Crippen MR) is 89.8 cm³/mol. The number of ether oxygens (including phenoxy) is 1. The lowest BCUT2D eigenvalue weighted by molar-refractivity contribution is -0.274. The number of aromatic amines is 1. The van der Waals surface area contributed by atoms with E-state index in [0.717, 1.165) is 6.08 Å². The molecule has 0 saturated carbocycles. The number of carbonyl (C=O) groups is 2. The summed E-state index contributed by atoms with van der Waals surface area (Å²) in [5.74, 6) is -0.960. The molecule has 0 radical (unpaired) electrons. The van der Waals surface area contributed by atoms with Gasteiger partial charge in [0.2, 0.25) is 5.91 Å². The van der Waals surface area contributed by atoms with Gasteiger partial charge in [-0.25, -0.2) is 0 Å². The van der Waals surface area contributed by atoms with Crippen LogP contribution in [-0.4, -0.2) is 48.2 Å². The molecule has 2 rings (SSSR count). The van der Waals surface area contributed by atoms with Gasteiger partial charge in [-0.1, -0.05) is 6.58 Å². The van der Waals surface area contributed by atoms with Gasteiger partial charge in [0.05, 0.1) is 0 Å². The minimum absolute atomic E-state index is 0.252. The summed E-state index contributed by atoms with van der Waals surface area (Å²) in [5, 5.41) is 3.20. The molecule has 2 aromatic rings. The van der Waals surface area contributed by atoms with Crippen LogP contribution in [0.2, 0.25) is 0 Å². The van der Waals surface area contributed by atoms with Crippen molar-refractivity contribution in [3.8, 4) is 5.75 Å². The molecular weight excluding hydrogens is 351 g/mol. The zero-order chi connectivity index (χ0) is 19.3. The molecule has 2 N–H and O–H groups in total. The fourth-order valence-electron chi connectivity index (χ4n) is 2.33. The van der Waals surface area contributed by atoms with Crippen molar-refractivity contribution in [1.29, 1.82) is 0 Å². The SMILES string of the molecule is C=CC(=O)NCCCN(C)C(=O)c1cc2ccc(OC(F)(F)F)cc2[nH]1. The monoisotopic (exact) mass is 369 g/mol. The Morgan fingerprint density at radius 3 is 2.73 bits per heavy atom. The normalized spacial score (nSPS) is 11.2. The van der Waals surface area contributed by atoms with Crippen molar-refractivity contribution in [2.75, 3.05) is 20.1 Å². The molecule has 0 fully saturated rings. The van der Waals surface area contributed by atoms with Gasteiger partial charge < -0.3 is 19.9 Å². The number of carbonyl (C=O) groups excluding carboxylic acids is 2. The third-order valence-electron chi connectivity index (χ3n) is 3.56. The minimum atomic E-state index is -4.78. The summed E-state index contributed by atoms with van der Waals surface area (Å²) in [6.45, 7) is 4.13. The van der Waals surface area contributed by atoms with Crippen molar-refractivity contribution in [2.45, 2.75) is 12.8 Å². The van der Waals surface area contributed by atoms with Crippen LogP contribution in [0.1, 0.15) is 16.9 Å². The summed E-state index contributed by atoms with van der Waals surface area (Å²) in [7, 11) is 1.60. The molecule has 9 heteroatoms. The first-order valence-corrected chi connectivity index (χ1v) is 7.74. The Morgan fingerprint density at radius 2 is 2.08 bits per heavy atom. The molecule has 0 saturated heterocycles. The second kappa shape index (κ2) is 7.94. The minimum Gasteiger partial charge on any atom is -0.406 e. The van der Waals surface area contributed by atoms with Gasteiger partial charge in [-0.05, 0) is 30.7 Å². The van der Waals surface area contributed by atoms with Crippen LogP contribution < -0.4 is 10.1 Å². The smallest absolute Gasteiger partial charge is 0.406 e. The molecule has 0 unspecified atom stereocenters. The number of aromatic nitrogens is 1. The molecule has 1 aromatic carbocycles. The van der Waals surface area contributed by atoms with Gasteiger partial charge in [-0.2, -0.15) is 0 Å². The number of nitrogens with one attached hydrogen (secondary N) is 2. The number of fused-ring (bicyclic) bond motifs is 1. The van der Waals surface area contributed by atoms with Crippen molar-refractivity contribution in [2.24, 2.45) is 0 Å². The summed E-state index contributed by atoms with van der Waals surface area (Å²) in [4.78, 5) is 27.7. The van der Waals surface area contributed by atoms with E-state index in [4.69, 9.17) is 0 Å². The highest BCUT2D eigenvalue weighted by molar-refractivity contribution is 5.98. The first-order chi connectivity index (χ1) is 12.2. The lowest BCUT2D eigenvalue weighted by atomic mass is 10.2. The molecule has 6 nitrogen and oxygen atoms in total. The Hall–Kier alpha value is -2.97. The fraction of sp³-hybridized carbons (Fsp3) is 0.294. The summed E-state index contributed by atoms with van der Waals surface area (Å²) in [5.41, 5.74) is 0.614. The number of halogens is 3. The quantitative estimate of drug-likeness (QED) is 0.582.